The van der Waals surface area contributed by atoms with Crippen molar-refractivity contribution in [2.45, 2.75) is 0 Å². The summed E-state index contributed by atoms with van der Waals surface area (Å²) >= 11 is 0. The van der Waals surface area contributed by atoms with Crippen molar-refractivity contribution in [2.75, 3.05) is 6.61 Å². The van der Waals surface area contributed by atoms with Crippen LogP contribution < -0.4 is 10.2 Å². The summed E-state index contributed by atoms with van der Waals surface area (Å²) in [7, 11) is 0. The fraction of sp³-hybridized carbons (Fsp3) is 0.0476. The van der Waals surface area contributed by atoms with E-state index in [0.29, 0.717) is 11.5 Å². The van der Waals surface area contributed by atoms with E-state index >= 15 is 0 Å². The van der Waals surface area contributed by atoms with Crippen LogP contribution in [0.4, 0.5) is 5.69 Å². The summed E-state index contributed by atoms with van der Waals surface area (Å²) in [5.74, 6) is -0.0845. The minimum absolute atomic E-state index is 0.0447. The van der Waals surface area contributed by atoms with Crippen molar-refractivity contribution >= 4 is 17.3 Å². The maximum Gasteiger partial charge on any atom is 0.277 e. The first kappa shape index (κ1) is 18.8. The molecule has 0 aromatic heterocycles. The molecule has 28 heavy (non-hydrogen) atoms. The fourth-order valence-electron chi connectivity index (χ4n) is 2.45. The zero-order chi connectivity index (χ0) is 19.8. The molecule has 0 aliphatic rings. The molecule has 3 aromatic rings. The van der Waals surface area contributed by atoms with Gasteiger partial charge >= 0.3 is 0 Å². The topological polar surface area (TPSA) is 93.8 Å². The number of amides is 1. The van der Waals surface area contributed by atoms with E-state index in [2.05, 4.69) is 10.5 Å². The monoisotopic (exact) mass is 375 g/mol. The maximum atomic E-state index is 12.1. The number of nitro benzene ring substituents is 1. The second-order valence-electron chi connectivity index (χ2n) is 5.77. The third-order valence-corrected chi connectivity index (χ3v) is 3.80. The van der Waals surface area contributed by atoms with Crippen LogP contribution in [0, 0.1) is 10.1 Å². The van der Waals surface area contributed by atoms with Crippen molar-refractivity contribution < 1.29 is 14.5 Å². The van der Waals surface area contributed by atoms with Crippen LogP contribution in [-0.2, 0) is 4.79 Å². The van der Waals surface area contributed by atoms with Crippen LogP contribution in [0.3, 0.4) is 0 Å². The number of nitrogens with zero attached hydrogens (tertiary/aromatic N) is 2. The number of rotatable bonds is 7. The van der Waals surface area contributed by atoms with Crippen LogP contribution in [-0.4, -0.2) is 23.1 Å². The van der Waals surface area contributed by atoms with Gasteiger partial charge in [0, 0.05) is 23.3 Å². The highest BCUT2D eigenvalue weighted by molar-refractivity contribution is 6.13. The molecule has 0 saturated carbocycles. The Kier molecular flexibility index (Phi) is 6.10. The van der Waals surface area contributed by atoms with Crippen molar-refractivity contribution in [2.24, 2.45) is 5.10 Å². The summed E-state index contributed by atoms with van der Waals surface area (Å²) < 4.78 is 5.34. The van der Waals surface area contributed by atoms with E-state index in [1.165, 1.54) is 24.3 Å². The Morgan fingerprint density at radius 1 is 0.893 bits per heavy atom. The third kappa shape index (κ3) is 5.01. The third-order valence-electron chi connectivity index (χ3n) is 3.80. The zero-order valence-corrected chi connectivity index (χ0v) is 14.8. The first-order valence-electron chi connectivity index (χ1n) is 8.48. The van der Waals surface area contributed by atoms with Gasteiger partial charge in [-0.2, -0.15) is 5.10 Å². The first-order chi connectivity index (χ1) is 13.6. The van der Waals surface area contributed by atoms with Crippen molar-refractivity contribution in [3.63, 3.8) is 0 Å². The van der Waals surface area contributed by atoms with Gasteiger partial charge in [0.2, 0.25) is 0 Å². The van der Waals surface area contributed by atoms with Gasteiger partial charge in [0.1, 0.15) is 5.75 Å². The highest BCUT2D eigenvalue weighted by Gasteiger charge is 2.09. The second kappa shape index (κ2) is 9.09. The summed E-state index contributed by atoms with van der Waals surface area (Å²) in [6, 6.07) is 24.5. The van der Waals surface area contributed by atoms with Gasteiger partial charge in [0.25, 0.3) is 11.6 Å². The fourth-order valence-corrected chi connectivity index (χ4v) is 2.45. The molecular weight excluding hydrogens is 358 g/mol. The molecule has 1 N–H and O–H groups in total. The Hall–Kier alpha value is -4.00. The number of nitrogens with one attached hydrogen (secondary N) is 1. The Morgan fingerprint density at radius 3 is 1.93 bits per heavy atom. The van der Waals surface area contributed by atoms with Gasteiger partial charge in [-0.3, -0.25) is 14.9 Å². The number of nitro groups is 1. The normalized spacial score (nSPS) is 10.0. The summed E-state index contributed by atoms with van der Waals surface area (Å²) in [4.78, 5) is 22.3. The maximum absolute atomic E-state index is 12.1. The molecule has 7 nitrogen and oxygen atoms in total. The van der Waals surface area contributed by atoms with Gasteiger partial charge in [-0.1, -0.05) is 60.7 Å². The number of hydrogen-bond acceptors (Lipinski definition) is 5. The SMILES string of the molecule is O=C(COc1ccc([N+](=O)[O-])cc1)NN=C(c1ccccc1)c1ccccc1. The van der Waals surface area contributed by atoms with Crippen molar-refractivity contribution in [3.05, 3.63) is 106 Å². The predicted octanol–water partition coefficient (Wildman–Crippen LogP) is 3.54. The number of hydrogen-bond donors (Lipinski definition) is 1. The Morgan fingerprint density at radius 2 is 1.43 bits per heavy atom. The van der Waals surface area contributed by atoms with Crippen molar-refractivity contribution in [1.82, 2.24) is 5.43 Å². The molecule has 0 aliphatic carbocycles. The van der Waals surface area contributed by atoms with Gasteiger partial charge in [0.05, 0.1) is 10.6 Å². The van der Waals surface area contributed by atoms with Crippen LogP contribution in [0.1, 0.15) is 11.1 Å². The first-order valence-corrected chi connectivity index (χ1v) is 8.48. The van der Waals surface area contributed by atoms with Gasteiger partial charge in [0.15, 0.2) is 6.61 Å². The molecule has 3 aromatic carbocycles. The lowest BCUT2D eigenvalue weighted by atomic mass is 10.0. The van der Waals surface area contributed by atoms with E-state index in [-0.39, 0.29) is 12.3 Å². The molecule has 0 saturated heterocycles. The highest BCUT2D eigenvalue weighted by Crippen LogP contribution is 2.17. The minimum Gasteiger partial charge on any atom is -0.484 e. The molecule has 0 bridgehead atoms. The Balaban J connectivity index is 1.67. The summed E-state index contributed by atoms with van der Waals surface area (Å²) in [5.41, 5.74) is 4.81. The quantitative estimate of drug-likeness (QED) is 0.388. The molecular formula is C21H17N3O4. The lowest BCUT2D eigenvalue weighted by Crippen LogP contribution is -2.26. The average Bonchev–Trinajstić information content (AvgIpc) is 2.74. The molecule has 0 atom stereocenters. The number of non-ortho nitro benzene ring substituents is 1. The molecule has 0 unspecified atom stereocenters. The van der Waals surface area contributed by atoms with Gasteiger partial charge in [-0.25, -0.2) is 5.43 Å². The van der Waals surface area contributed by atoms with Crippen molar-refractivity contribution in [3.8, 4) is 5.75 Å². The van der Waals surface area contributed by atoms with E-state index in [4.69, 9.17) is 4.74 Å². The van der Waals surface area contributed by atoms with E-state index < -0.39 is 10.8 Å². The number of ether oxygens (including phenoxy) is 1. The van der Waals surface area contributed by atoms with Crippen LogP contribution in [0.25, 0.3) is 0 Å². The van der Waals surface area contributed by atoms with Gasteiger partial charge in [-0.05, 0) is 12.1 Å². The Bertz CT molecular complexity index is 930. The molecule has 0 aliphatic heterocycles. The number of carbonyl (C=O) groups is 1. The van der Waals surface area contributed by atoms with E-state index in [1.54, 1.807) is 0 Å². The van der Waals surface area contributed by atoms with Crippen LogP contribution in [0.15, 0.2) is 90.0 Å². The smallest absolute Gasteiger partial charge is 0.277 e. The van der Waals surface area contributed by atoms with Gasteiger partial charge in [-0.15, -0.1) is 0 Å². The van der Waals surface area contributed by atoms with Crippen LogP contribution in [0.5, 0.6) is 5.75 Å². The summed E-state index contributed by atoms with van der Waals surface area (Å²) in [6.45, 7) is -0.266. The molecule has 140 valence electrons. The molecule has 0 heterocycles. The second-order valence-corrected chi connectivity index (χ2v) is 5.77. The summed E-state index contributed by atoms with van der Waals surface area (Å²) in [5, 5.41) is 14.9. The highest BCUT2D eigenvalue weighted by atomic mass is 16.6. The van der Waals surface area contributed by atoms with E-state index in [0.717, 1.165) is 11.1 Å². The number of hydrazone groups is 1. The van der Waals surface area contributed by atoms with Crippen LogP contribution >= 0.6 is 0 Å². The standard InChI is InChI=1S/C21H17N3O4/c25-20(15-28-19-13-11-18(12-14-19)24(26)27)22-23-21(16-7-3-1-4-8-16)17-9-5-2-6-10-17/h1-14H,15H2,(H,22,25). The molecule has 0 radical (unpaired) electrons. The number of benzene rings is 3. The predicted molar refractivity (Wildman–Crippen MR) is 105 cm³/mol. The van der Waals surface area contributed by atoms with Crippen molar-refractivity contribution in [1.29, 1.82) is 0 Å². The lowest BCUT2D eigenvalue weighted by molar-refractivity contribution is -0.384. The zero-order valence-electron chi connectivity index (χ0n) is 14.8. The van der Waals surface area contributed by atoms with Gasteiger partial charge < -0.3 is 4.74 Å². The van der Waals surface area contributed by atoms with E-state index in [1.807, 2.05) is 60.7 Å². The lowest BCUT2D eigenvalue weighted by Gasteiger charge is -2.09. The summed E-state index contributed by atoms with van der Waals surface area (Å²) in [6.07, 6.45) is 0. The molecule has 7 heteroatoms. The van der Waals surface area contributed by atoms with Crippen LogP contribution in [0.2, 0.25) is 0 Å². The Labute approximate surface area is 161 Å². The molecule has 3 rings (SSSR count). The molecule has 0 spiro atoms. The number of carbonyl (C=O) groups excluding carboxylic acids is 1. The molecule has 1 amide bonds. The molecule has 0 fully saturated rings. The van der Waals surface area contributed by atoms with E-state index in [9.17, 15) is 14.9 Å². The largest absolute Gasteiger partial charge is 0.484 e. The minimum atomic E-state index is -0.500. The average molecular weight is 375 g/mol.